The lowest BCUT2D eigenvalue weighted by Gasteiger charge is -2.31. The average Bonchev–Trinajstić information content (AvgIpc) is 2.39. The van der Waals surface area contributed by atoms with E-state index < -0.39 is 15.8 Å². The van der Waals surface area contributed by atoms with Gasteiger partial charge in [0.15, 0.2) is 0 Å². The highest BCUT2D eigenvalue weighted by atomic mass is 35.5. The predicted octanol–water partition coefficient (Wildman–Crippen LogP) is 2.04. The van der Waals surface area contributed by atoms with Crippen LogP contribution in [-0.2, 0) is 10.0 Å². The van der Waals surface area contributed by atoms with E-state index in [1.54, 1.807) is 0 Å². The minimum Gasteiger partial charge on any atom is -0.330 e. The van der Waals surface area contributed by atoms with E-state index in [-0.39, 0.29) is 29.3 Å². The van der Waals surface area contributed by atoms with Crippen molar-refractivity contribution in [2.75, 3.05) is 6.54 Å². The third kappa shape index (κ3) is 3.91. The van der Waals surface area contributed by atoms with Gasteiger partial charge >= 0.3 is 0 Å². The first kappa shape index (κ1) is 17.4. The molecule has 2 rings (SSSR count). The molecule has 20 heavy (non-hydrogen) atoms. The van der Waals surface area contributed by atoms with Gasteiger partial charge in [-0.1, -0.05) is 25.0 Å². The Morgan fingerprint density at radius 2 is 1.90 bits per heavy atom. The predicted molar refractivity (Wildman–Crippen MR) is 78.8 cm³/mol. The molecule has 0 aromatic heterocycles. The molecule has 0 spiro atoms. The third-order valence-corrected chi connectivity index (χ3v) is 5.17. The summed E-state index contributed by atoms with van der Waals surface area (Å²) in [5.41, 5.74) is 5.67. The number of benzene rings is 1. The van der Waals surface area contributed by atoms with Gasteiger partial charge in [0, 0.05) is 6.04 Å². The highest BCUT2D eigenvalue weighted by Gasteiger charge is 2.29. The van der Waals surface area contributed by atoms with Crippen LogP contribution < -0.4 is 10.5 Å². The number of sulfonamides is 1. The van der Waals surface area contributed by atoms with Crippen LogP contribution in [0, 0.1) is 11.7 Å². The lowest BCUT2D eigenvalue weighted by atomic mass is 9.85. The van der Waals surface area contributed by atoms with E-state index in [1.165, 1.54) is 18.2 Å². The maximum absolute atomic E-state index is 13.6. The van der Waals surface area contributed by atoms with Crippen molar-refractivity contribution >= 4 is 22.4 Å². The average molecular weight is 323 g/mol. The zero-order chi connectivity index (χ0) is 13.9. The molecule has 4 nitrogen and oxygen atoms in total. The Balaban J connectivity index is 0.00000200. The molecule has 0 amide bonds. The van der Waals surface area contributed by atoms with E-state index in [0.717, 1.165) is 31.7 Å². The van der Waals surface area contributed by atoms with E-state index in [4.69, 9.17) is 5.73 Å². The first-order valence-electron chi connectivity index (χ1n) is 6.51. The van der Waals surface area contributed by atoms with Crippen LogP contribution in [-0.4, -0.2) is 21.0 Å². The summed E-state index contributed by atoms with van der Waals surface area (Å²) in [6.45, 7) is 0.449. The number of nitrogens with one attached hydrogen (secondary N) is 1. The molecule has 0 aliphatic heterocycles. The molecule has 0 bridgehead atoms. The third-order valence-electron chi connectivity index (χ3n) is 3.64. The standard InChI is InChI=1S/C13H19FN2O2S.ClH/c14-11-6-2-4-8-13(11)19(17,18)16-12-7-3-1-5-10(12)9-15;/h2,4,6,8,10,12,16H,1,3,5,7,9,15H2;1H. The Morgan fingerprint density at radius 3 is 2.55 bits per heavy atom. The highest BCUT2D eigenvalue weighted by Crippen LogP contribution is 2.25. The van der Waals surface area contributed by atoms with Crippen LogP contribution in [0.25, 0.3) is 0 Å². The molecule has 1 saturated carbocycles. The smallest absolute Gasteiger partial charge is 0.243 e. The van der Waals surface area contributed by atoms with Crippen LogP contribution in [0.1, 0.15) is 25.7 Å². The first-order valence-corrected chi connectivity index (χ1v) is 8.00. The Bertz CT molecular complexity index is 539. The zero-order valence-corrected chi connectivity index (χ0v) is 12.7. The van der Waals surface area contributed by atoms with Crippen LogP contribution in [0.5, 0.6) is 0 Å². The fraction of sp³-hybridized carbons (Fsp3) is 0.538. The molecular formula is C13H20ClFN2O2S. The Labute approximate surface area is 125 Å². The molecule has 114 valence electrons. The normalized spacial score (nSPS) is 23.1. The fourth-order valence-electron chi connectivity index (χ4n) is 2.57. The number of nitrogens with two attached hydrogens (primary N) is 1. The minimum atomic E-state index is -3.81. The second kappa shape index (κ2) is 7.36. The van der Waals surface area contributed by atoms with Gasteiger partial charge in [-0.25, -0.2) is 17.5 Å². The molecule has 3 N–H and O–H groups in total. The number of hydrogen-bond acceptors (Lipinski definition) is 3. The summed E-state index contributed by atoms with van der Waals surface area (Å²) in [6, 6.07) is 5.22. The van der Waals surface area contributed by atoms with Gasteiger partial charge in [-0.2, -0.15) is 0 Å². The van der Waals surface area contributed by atoms with Gasteiger partial charge in [-0.05, 0) is 37.4 Å². The molecule has 2 atom stereocenters. The summed E-state index contributed by atoms with van der Waals surface area (Å²) in [4.78, 5) is -0.295. The number of hydrogen-bond donors (Lipinski definition) is 2. The molecule has 0 radical (unpaired) electrons. The van der Waals surface area contributed by atoms with E-state index >= 15 is 0 Å². The second-order valence-corrected chi connectivity index (χ2v) is 6.62. The van der Waals surface area contributed by atoms with Crippen molar-refractivity contribution in [3.8, 4) is 0 Å². The van der Waals surface area contributed by atoms with Gasteiger partial charge in [0.2, 0.25) is 10.0 Å². The lowest BCUT2D eigenvalue weighted by Crippen LogP contribution is -2.44. The number of halogens is 2. The summed E-state index contributed by atoms with van der Waals surface area (Å²) in [5.74, 6) is -0.592. The molecule has 1 aliphatic rings. The second-order valence-electron chi connectivity index (χ2n) is 4.94. The topological polar surface area (TPSA) is 72.2 Å². The van der Waals surface area contributed by atoms with Crippen molar-refractivity contribution in [1.82, 2.24) is 4.72 Å². The van der Waals surface area contributed by atoms with Crippen molar-refractivity contribution in [2.45, 2.75) is 36.6 Å². The lowest BCUT2D eigenvalue weighted by molar-refractivity contribution is 0.296. The minimum absolute atomic E-state index is 0. The molecule has 1 fully saturated rings. The molecule has 1 aromatic carbocycles. The summed E-state index contributed by atoms with van der Waals surface area (Å²) < 4.78 is 40.6. The maximum Gasteiger partial charge on any atom is 0.243 e. The number of rotatable bonds is 4. The molecule has 1 aliphatic carbocycles. The summed E-state index contributed by atoms with van der Waals surface area (Å²) in [6.07, 6.45) is 3.72. The Kier molecular flexibility index (Phi) is 6.39. The van der Waals surface area contributed by atoms with Gasteiger partial charge < -0.3 is 5.73 Å². The zero-order valence-electron chi connectivity index (χ0n) is 11.1. The van der Waals surface area contributed by atoms with Crippen LogP contribution in [0.2, 0.25) is 0 Å². The monoisotopic (exact) mass is 322 g/mol. The molecule has 0 heterocycles. The van der Waals surface area contributed by atoms with Crippen molar-refractivity contribution < 1.29 is 12.8 Å². The SMILES string of the molecule is Cl.NCC1CCCCC1NS(=O)(=O)c1ccccc1F. The maximum atomic E-state index is 13.6. The molecule has 0 saturated heterocycles. The van der Waals surface area contributed by atoms with E-state index in [1.807, 2.05) is 0 Å². The first-order chi connectivity index (χ1) is 9.04. The molecule has 7 heteroatoms. The van der Waals surface area contributed by atoms with Crippen LogP contribution in [0.3, 0.4) is 0 Å². The summed E-state index contributed by atoms with van der Waals surface area (Å²) in [5, 5.41) is 0. The van der Waals surface area contributed by atoms with E-state index in [2.05, 4.69) is 4.72 Å². The molecule has 2 unspecified atom stereocenters. The van der Waals surface area contributed by atoms with Gasteiger partial charge in [-0.3, -0.25) is 0 Å². The quantitative estimate of drug-likeness (QED) is 0.891. The van der Waals surface area contributed by atoms with Crippen molar-refractivity contribution in [1.29, 1.82) is 0 Å². The highest BCUT2D eigenvalue weighted by molar-refractivity contribution is 7.89. The molecule has 1 aromatic rings. The Morgan fingerprint density at radius 1 is 1.25 bits per heavy atom. The van der Waals surface area contributed by atoms with Crippen molar-refractivity contribution in [2.24, 2.45) is 11.7 Å². The fourth-order valence-corrected chi connectivity index (χ4v) is 3.99. The molecular weight excluding hydrogens is 303 g/mol. The van der Waals surface area contributed by atoms with Crippen LogP contribution >= 0.6 is 12.4 Å². The van der Waals surface area contributed by atoms with E-state index in [0.29, 0.717) is 6.54 Å². The van der Waals surface area contributed by atoms with Gasteiger partial charge in [0.1, 0.15) is 10.7 Å². The summed E-state index contributed by atoms with van der Waals surface area (Å²) in [7, 11) is -3.81. The van der Waals surface area contributed by atoms with Crippen molar-refractivity contribution in [3.05, 3.63) is 30.1 Å². The van der Waals surface area contributed by atoms with Crippen molar-refractivity contribution in [3.63, 3.8) is 0 Å². The Hall–Kier alpha value is -0.690. The van der Waals surface area contributed by atoms with Crippen LogP contribution in [0.4, 0.5) is 4.39 Å². The van der Waals surface area contributed by atoms with Gasteiger partial charge in [0.25, 0.3) is 0 Å². The summed E-state index contributed by atoms with van der Waals surface area (Å²) >= 11 is 0. The largest absolute Gasteiger partial charge is 0.330 e. The van der Waals surface area contributed by atoms with Gasteiger partial charge in [-0.15, -0.1) is 12.4 Å². The van der Waals surface area contributed by atoms with Crippen LogP contribution in [0.15, 0.2) is 29.2 Å². The van der Waals surface area contributed by atoms with Gasteiger partial charge in [0.05, 0.1) is 0 Å². The van der Waals surface area contributed by atoms with E-state index in [9.17, 15) is 12.8 Å².